The van der Waals surface area contributed by atoms with Crippen molar-refractivity contribution in [2.24, 2.45) is 5.73 Å². The average Bonchev–Trinajstić information content (AvgIpc) is 2.22. The summed E-state index contributed by atoms with van der Waals surface area (Å²) in [7, 11) is 0. The van der Waals surface area contributed by atoms with Gasteiger partial charge in [-0.3, -0.25) is 4.79 Å². The van der Waals surface area contributed by atoms with Crippen LogP contribution in [0.1, 0.15) is 39.0 Å². The van der Waals surface area contributed by atoms with E-state index in [0.29, 0.717) is 13.2 Å². The minimum Gasteiger partial charge on any atom is -0.465 e. The number of likely N-dealkylation sites (tertiary alicyclic amines) is 1. The molecule has 0 saturated carbocycles. The van der Waals surface area contributed by atoms with Crippen molar-refractivity contribution in [1.29, 1.82) is 0 Å². The summed E-state index contributed by atoms with van der Waals surface area (Å²) in [6.45, 7) is 4.98. The lowest BCUT2D eigenvalue weighted by molar-refractivity contribution is -0.145. The molecule has 1 fully saturated rings. The van der Waals surface area contributed by atoms with Crippen molar-refractivity contribution >= 4 is 5.97 Å². The smallest absolute Gasteiger partial charge is 0.324 e. The zero-order valence-electron chi connectivity index (χ0n) is 10.3. The maximum atomic E-state index is 11.4. The molecule has 1 unspecified atom stereocenters. The maximum Gasteiger partial charge on any atom is 0.324 e. The van der Waals surface area contributed by atoms with Crippen LogP contribution in [0.5, 0.6) is 0 Å². The first-order chi connectivity index (χ1) is 7.74. The fourth-order valence-electron chi connectivity index (χ4n) is 2.10. The van der Waals surface area contributed by atoms with E-state index >= 15 is 0 Å². The first kappa shape index (κ1) is 13.5. The molecule has 1 heterocycles. The van der Waals surface area contributed by atoms with Crippen molar-refractivity contribution < 1.29 is 9.53 Å². The number of esters is 1. The van der Waals surface area contributed by atoms with Crippen LogP contribution in [0.25, 0.3) is 0 Å². The van der Waals surface area contributed by atoms with E-state index in [4.69, 9.17) is 10.5 Å². The summed E-state index contributed by atoms with van der Waals surface area (Å²) in [6, 6.07) is -0.487. The fraction of sp³-hybridized carbons (Fsp3) is 0.917. The molecule has 0 bridgehead atoms. The standard InChI is InChI=1S/C12H24N2O2/c1-2-16-12(15)11(13)10-14-8-6-4-3-5-7-9-14/h11H,2-10,13H2,1H3. The van der Waals surface area contributed by atoms with E-state index in [1.54, 1.807) is 6.92 Å². The molecule has 0 amide bonds. The SMILES string of the molecule is CCOC(=O)C(N)CN1CCCCCCC1. The highest BCUT2D eigenvalue weighted by molar-refractivity contribution is 5.75. The van der Waals surface area contributed by atoms with Crippen molar-refractivity contribution in [3.63, 3.8) is 0 Å². The summed E-state index contributed by atoms with van der Waals surface area (Å²) in [4.78, 5) is 13.7. The molecule has 1 atom stereocenters. The Bertz CT molecular complexity index is 201. The third kappa shape index (κ3) is 4.94. The molecule has 0 aromatic heterocycles. The van der Waals surface area contributed by atoms with Crippen molar-refractivity contribution in [3.05, 3.63) is 0 Å². The van der Waals surface area contributed by atoms with Gasteiger partial charge < -0.3 is 15.4 Å². The highest BCUT2D eigenvalue weighted by Gasteiger charge is 2.18. The molecular weight excluding hydrogens is 204 g/mol. The van der Waals surface area contributed by atoms with Crippen LogP contribution in [0.15, 0.2) is 0 Å². The number of hydrogen-bond donors (Lipinski definition) is 1. The van der Waals surface area contributed by atoms with Crippen LogP contribution in [-0.2, 0) is 9.53 Å². The molecule has 0 radical (unpaired) electrons. The Morgan fingerprint density at radius 3 is 2.38 bits per heavy atom. The Morgan fingerprint density at radius 1 is 1.25 bits per heavy atom. The van der Waals surface area contributed by atoms with Crippen molar-refractivity contribution in [2.45, 2.75) is 45.1 Å². The molecule has 0 spiro atoms. The lowest BCUT2D eigenvalue weighted by Crippen LogP contribution is -2.44. The second-order valence-corrected chi connectivity index (χ2v) is 4.43. The summed E-state index contributed by atoms with van der Waals surface area (Å²) in [5.41, 5.74) is 5.81. The molecule has 2 N–H and O–H groups in total. The van der Waals surface area contributed by atoms with Gasteiger partial charge in [0.15, 0.2) is 0 Å². The van der Waals surface area contributed by atoms with E-state index in [-0.39, 0.29) is 5.97 Å². The second-order valence-electron chi connectivity index (χ2n) is 4.43. The van der Waals surface area contributed by atoms with E-state index < -0.39 is 6.04 Å². The number of carbonyl (C=O) groups excluding carboxylic acids is 1. The molecule has 4 heteroatoms. The number of ether oxygens (including phenoxy) is 1. The van der Waals surface area contributed by atoms with Gasteiger partial charge in [-0.05, 0) is 32.9 Å². The van der Waals surface area contributed by atoms with Crippen LogP contribution in [0.3, 0.4) is 0 Å². The summed E-state index contributed by atoms with van der Waals surface area (Å²) in [5, 5.41) is 0. The molecule has 1 saturated heterocycles. The topological polar surface area (TPSA) is 55.6 Å². The van der Waals surface area contributed by atoms with Gasteiger partial charge in [0.05, 0.1) is 6.61 Å². The largest absolute Gasteiger partial charge is 0.465 e. The Kier molecular flexibility index (Phi) is 6.42. The van der Waals surface area contributed by atoms with Gasteiger partial charge >= 0.3 is 5.97 Å². The minimum absolute atomic E-state index is 0.274. The van der Waals surface area contributed by atoms with Gasteiger partial charge in [0.1, 0.15) is 6.04 Å². The van der Waals surface area contributed by atoms with Gasteiger partial charge in [-0.25, -0.2) is 0 Å². The summed E-state index contributed by atoms with van der Waals surface area (Å²) in [5.74, 6) is -0.274. The van der Waals surface area contributed by atoms with Gasteiger partial charge in [0.2, 0.25) is 0 Å². The zero-order chi connectivity index (χ0) is 11.8. The van der Waals surface area contributed by atoms with Crippen LogP contribution < -0.4 is 5.73 Å². The zero-order valence-corrected chi connectivity index (χ0v) is 10.3. The lowest BCUT2D eigenvalue weighted by atomic mass is 10.1. The molecule has 0 aliphatic carbocycles. The molecule has 1 aliphatic rings. The van der Waals surface area contributed by atoms with Crippen LogP contribution in [-0.4, -0.2) is 43.2 Å². The second kappa shape index (κ2) is 7.63. The average molecular weight is 228 g/mol. The van der Waals surface area contributed by atoms with E-state index in [1.807, 2.05) is 0 Å². The first-order valence-corrected chi connectivity index (χ1v) is 6.38. The Labute approximate surface area is 98.1 Å². The Hall–Kier alpha value is -0.610. The minimum atomic E-state index is -0.487. The highest BCUT2D eigenvalue weighted by atomic mass is 16.5. The molecule has 0 aromatic rings. The Morgan fingerprint density at radius 2 is 1.81 bits per heavy atom. The number of hydrogen-bond acceptors (Lipinski definition) is 4. The first-order valence-electron chi connectivity index (χ1n) is 6.38. The van der Waals surface area contributed by atoms with Crippen LogP contribution in [0.2, 0.25) is 0 Å². The van der Waals surface area contributed by atoms with E-state index in [2.05, 4.69) is 4.90 Å². The number of carbonyl (C=O) groups is 1. The summed E-state index contributed by atoms with van der Waals surface area (Å²) >= 11 is 0. The third-order valence-electron chi connectivity index (χ3n) is 2.99. The van der Waals surface area contributed by atoms with Crippen molar-refractivity contribution in [3.8, 4) is 0 Å². The summed E-state index contributed by atoms with van der Waals surface area (Å²) < 4.78 is 4.91. The van der Waals surface area contributed by atoms with Crippen LogP contribution in [0.4, 0.5) is 0 Å². The van der Waals surface area contributed by atoms with Crippen molar-refractivity contribution in [1.82, 2.24) is 4.90 Å². The van der Waals surface area contributed by atoms with Gasteiger partial charge in [-0.15, -0.1) is 0 Å². The molecule has 1 aliphatic heterocycles. The molecule has 1 rings (SSSR count). The molecule has 4 nitrogen and oxygen atoms in total. The van der Waals surface area contributed by atoms with Crippen molar-refractivity contribution in [2.75, 3.05) is 26.2 Å². The summed E-state index contributed by atoms with van der Waals surface area (Å²) in [6.07, 6.45) is 6.37. The van der Waals surface area contributed by atoms with Gasteiger partial charge in [-0.1, -0.05) is 19.3 Å². The molecular formula is C12H24N2O2. The quantitative estimate of drug-likeness (QED) is 0.733. The predicted octanol–water partition coefficient (Wildman–Crippen LogP) is 1.14. The maximum absolute atomic E-state index is 11.4. The molecule has 0 aromatic carbocycles. The highest BCUT2D eigenvalue weighted by Crippen LogP contribution is 2.10. The predicted molar refractivity (Wildman–Crippen MR) is 64.1 cm³/mol. The van der Waals surface area contributed by atoms with Crippen LogP contribution >= 0.6 is 0 Å². The van der Waals surface area contributed by atoms with Gasteiger partial charge in [0, 0.05) is 6.54 Å². The number of rotatable bonds is 4. The molecule has 94 valence electrons. The van der Waals surface area contributed by atoms with Gasteiger partial charge in [0.25, 0.3) is 0 Å². The lowest BCUT2D eigenvalue weighted by Gasteiger charge is -2.26. The van der Waals surface area contributed by atoms with E-state index in [1.165, 1.54) is 32.1 Å². The third-order valence-corrected chi connectivity index (χ3v) is 2.99. The van der Waals surface area contributed by atoms with E-state index in [9.17, 15) is 4.79 Å². The molecule has 16 heavy (non-hydrogen) atoms. The van der Waals surface area contributed by atoms with Crippen LogP contribution in [0, 0.1) is 0 Å². The monoisotopic (exact) mass is 228 g/mol. The van der Waals surface area contributed by atoms with Gasteiger partial charge in [-0.2, -0.15) is 0 Å². The number of nitrogens with two attached hydrogens (primary N) is 1. The Balaban J connectivity index is 2.29. The normalized spacial score (nSPS) is 20.9. The van der Waals surface area contributed by atoms with E-state index in [0.717, 1.165) is 13.1 Å². The number of nitrogens with zero attached hydrogens (tertiary/aromatic N) is 1. The fourth-order valence-corrected chi connectivity index (χ4v) is 2.10.